The maximum atomic E-state index is 7.70. The van der Waals surface area contributed by atoms with Crippen molar-refractivity contribution in [1.82, 2.24) is 0 Å². The van der Waals surface area contributed by atoms with Crippen molar-refractivity contribution in [2.45, 2.75) is 53.0 Å². The first-order chi connectivity index (χ1) is 17.7. The molecule has 1 aromatic heterocycles. The summed E-state index contributed by atoms with van der Waals surface area (Å²) >= 11 is 0. The van der Waals surface area contributed by atoms with Gasteiger partial charge in [0.2, 0.25) is 11.2 Å². The molecule has 1 aliphatic heterocycles. The van der Waals surface area contributed by atoms with Crippen LogP contribution in [0.25, 0.3) is 48.4 Å². The zero-order valence-electron chi connectivity index (χ0n) is 22.6. The lowest BCUT2D eigenvalue weighted by Crippen LogP contribution is -2.32. The molecule has 0 fully saturated rings. The number of fused-ring (bicyclic) bond motifs is 5. The number of nitrogens with zero attached hydrogens (tertiary/aromatic N) is 2. The topological polar surface area (TPSA) is 17.5 Å². The fraction of sp³-hybridized carbons (Fsp3) is 0.294. The summed E-state index contributed by atoms with van der Waals surface area (Å²) in [6.07, 6.45) is 3.85. The fourth-order valence-electron chi connectivity index (χ4n) is 6.19. The van der Waals surface area contributed by atoms with Gasteiger partial charge in [-0.25, -0.2) is 11.1 Å². The molecule has 0 saturated heterocycles. The zero-order chi connectivity index (χ0) is 26.1. The Morgan fingerprint density at radius 2 is 1.73 bits per heavy atom. The minimum Gasteiger partial charge on any atom is -0.455 e. The molecule has 0 N–H and O–H groups in total. The lowest BCUT2D eigenvalue weighted by molar-refractivity contribution is -0.659. The first-order valence-electron chi connectivity index (χ1n) is 13.2. The summed E-state index contributed by atoms with van der Waals surface area (Å²) in [6.45, 7) is 18.5. The highest BCUT2D eigenvalue weighted by atomic mass is 16.5. The van der Waals surface area contributed by atoms with Gasteiger partial charge in [-0.2, -0.15) is 0 Å². The van der Waals surface area contributed by atoms with E-state index in [4.69, 9.17) is 11.3 Å². The van der Waals surface area contributed by atoms with Gasteiger partial charge in [0, 0.05) is 30.9 Å². The van der Waals surface area contributed by atoms with E-state index in [2.05, 4.69) is 98.0 Å². The maximum Gasteiger partial charge on any atom is 0.231 e. The lowest BCUT2D eigenvalue weighted by Gasteiger charge is -2.26. The Morgan fingerprint density at radius 1 is 0.973 bits per heavy atom. The van der Waals surface area contributed by atoms with E-state index in [1.165, 1.54) is 49.5 Å². The van der Waals surface area contributed by atoms with E-state index in [-0.39, 0.29) is 0 Å². The first-order valence-corrected chi connectivity index (χ1v) is 13.2. The van der Waals surface area contributed by atoms with Crippen LogP contribution in [0.15, 0.2) is 60.8 Å². The molecule has 1 aliphatic rings. The second-order valence-electron chi connectivity index (χ2n) is 11.6. The van der Waals surface area contributed by atoms with E-state index in [1.807, 2.05) is 13.8 Å². The smallest absolute Gasteiger partial charge is 0.231 e. The molecule has 0 bridgehead atoms. The average Bonchev–Trinajstić information content (AvgIpc) is 2.87. The van der Waals surface area contributed by atoms with E-state index in [0.717, 1.165) is 28.7 Å². The van der Waals surface area contributed by atoms with Crippen LogP contribution in [-0.4, -0.2) is 5.54 Å². The van der Waals surface area contributed by atoms with Crippen LogP contribution in [0.4, 0.5) is 0 Å². The zero-order valence-corrected chi connectivity index (χ0v) is 22.6. The summed E-state index contributed by atoms with van der Waals surface area (Å²) in [5, 5.41) is 7.32. The van der Waals surface area contributed by atoms with Gasteiger partial charge < -0.3 is 9.58 Å². The normalized spacial score (nSPS) is 12.7. The monoisotopic (exact) mass is 485 g/mol. The molecule has 0 unspecified atom stereocenters. The van der Waals surface area contributed by atoms with Crippen LogP contribution < -0.4 is 9.30 Å². The Kier molecular flexibility index (Phi) is 5.28. The fourth-order valence-corrected chi connectivity index (χ4v) is 6.19. The predicted molar refractivity (Wildman–Crippen MR) is 153 cm³/mol. The number of benzene rings is 4. The van der Waals surface area contributed by atoms with Gasteiger partial charge >= 0.3 is 0 Å². The van der Waals surface area contributed by atoms with Crippen molar-refractivity contribution >= 4 is 32.3 Å². The van der Waals surface area contributed by atoms with Crippen LogP contribution >= 0.6 is 0 Å². The molecule has 0 atom stereocenters. The van der Waals surface area contributed by atoms with Crippen LogP contribution in [0.1, 0.15) is 44.4 Å². The summed E-state index contributed by atoms with van der Waals surface area (Å²) < 4.78 is 9.19. The van der Waals surface area contributed by atoms with Gasteiger partial charge in [-0.05, 0) is 58.0 Å². The van der Waals surface area contributed by atoms with E-state index in [0.29, 0.717) is 12.3 Å². The SMILES string of the molecule is [C-]#[N+]C(C)(C)Cc1cccc2cc3c4c([n+](C)ccc4c12)-c1c(c(CC(C)C)c2ccccc2c1C)O3. The Hall–Kier alpha value is -3.90. The third-order valence-corrected chi connectivity index (χ3v) is 7.83. The molecule has 3 heteroatoms. The van der Waals surface area contributed by atoms with Gasteiger partial charge in [-0.3, -0.25) is 0 Å². The molecule has 6 rings (SSSR count). The number of rotatable bonds is 4. The van der Waals surface area contributed by atoms with Gasteiger partial charge in [0.1, 0.15) is 18.5 Å². The molecular formula is C34H33N2O+. The minimum absolute atomic E-state index is 0.455. The number of aromatic nitrogens is 1. The molecule has 4 aromatic carbocycles. The largest absolute Gasteiger partial charge is 0.455 e. The third-order valence-electron chi connectivity index (χ3n) is 7.83. The second kappa shape index (κ2) is 8.32. The van der Waals surface area contributed by atoms with E-state index < -0.39 is 5.54 Å². The van der Waals surface area contributed by atoms with Crippen molar-refractivity contribution in [3.05, 3.63) is 88.9 Å². The summed E-state index contributed by atoms with van der Waals surface area (Å²) in [4.78, 5) is 3.90. The van der Waals surface area contributed by atoms with E-state index in [1.54, 1.807) is 0 Å². The van der Waals surface area contributed by atoms with E-state index in [9.17, 15) is 0 Å². The van der Waals surface area contributed by atoms with E-state index >= 15 is 0 Å². The quantitative estimate of drug-likeness (QED) is 0.139. The van der Waals surface area contributed by atoms with Crippen LogP contribution in [0, 0.1) is 19.4 Å². The third kappa shape index (κ3) is 3.58. The number of hydrogen-bond donors (Lipinski definition) is 0. The first kappa shape index (κ1) is 23.5. The molecule has 0 aliphatic carbocycles. The van der Waals surface area contributed by atoms with Gasteiger partial charge in [0.25, 0.3) is 0 Å². The summed E-state index contributed by atoms with van der Waals surface area (Å²) in [5.74, 6) is 2.43. The second-order valence-corrected chi connectivity index (χ2v) is 11.6. The highest BCUT2D eigenvalue weighted by molar-refractivity contribution is 6.17. The molecule has 184 valence electrons. The molecule has 2 heterocycles. The molecule has 0 amide bonds. The average molecular weight is 486 g/mol. The van der Waals surface area contributed by atoms with Crippen molar-refractivity contribution in [3.8, 4) is 22.8 Å². The minimum atomic E-state index is -0.455. The number of pyridine rings is 1. The van der Waals surface area contributed by atoms with Crippen molar-refractivity contribution in [3.63, 3.8) is 0 Å². The summed E-state index contributed by atoms with van der Waals surface area (Å²) in [5.41, 5.74) is 5.72. The van der Waals surface area contributed by atoms with Crippen molar-refractivity contribution in [2.75, 3.05) is 0 Å². The number of hydrogen-bond acceptors (Lipinski definition) is 1. The van der Waals surface area contributed by atoms with Crippen molar-refractivity contribution < 1.29 is 9.30 Å². The molecule has 0 saturated carbocycles. The van der Waals surface area contributed by atoms with Gasteiger partial charge in [0.15, 0.2) is 6.20 Å². The predicted octanol–water partition coefficient (Wildman–Crippen LogP) is 8.49. The Labute approximate surface area is 219 Å². The van der Waals surface area contributed by atoms with Crippen molar-refractivity contribution in [2.24, 2.45) is 13.0 Å². The van der Waals surface area contributed by atoms with Crippen LogP contribution in [0.3, 0.4) is 0 Å². The molecule has 0 spiro atoms. The highest BCUT2D eigenvalue weighted by Gasteiger charge is 2.34. The molecule has 37 heavy (non-hydrogen) atoms. The molecular weight excluding hydrogens is 452 g/mol. The standard InChI is InChI=1S/C34H33N2O/c1-20(2)17-27-25-14-9-8-13-24(25)21(3)29-32-31-26(15-16-36(32)7)30-22(18-28(31)37-33(27)29)11-10-12-23(30)19-34(4,5)35-6/h8-16,18,20H,17,19H2,1-5,7H3/q+1. The summed E-state index contributed by atoms with van der Waals surface area (Å²) in [7, 11) is 2.14. The van der Waals surface area contributed by atoms with Gasteiger partial charge in [-0.1, -0.05) is 56.3 Å². The lowest BCUT2D eigenvalue weighted by atomic mass is 9.84. The Bertz CT molecular complexity index is 1790. The van der Waals surface area contributed by atoms with Gasteiger partial charge in [0.05, 0.1) is 17.4 Å². The highest BCUT2D eigenvalue weighted by Crippen LogP contribution is 2.52. The maximum absolute atomic E-state index is 7.70. The Balaban J connectivity index is 1.76. The number of aryl methyl sites for hydroxylation is 2. The van der Waals surface area contributed by atoms with Crippen molar-refractivity contribution in [1.29, 1.82) is 0 Å². The Morgan fingerprint density at radius 3 is 2.46 bits per heavy atom. The summed E-state index contributed by atoms with van der Waals surface area (Å²) in [6, 6.07) is 19.7. The van der Waals surface area contributed by atoms with Crippen LogP contribution in [0.2, 0.25) is 0 Å². The van der Waals surface area contributed by atoms with Crippen LogP contribution in [0.5, 0.6) is 11.5 Å². The van der Waals surface area contributed by atoms with Crippen LogP contribution in [-0.2, 0) is 19.9 Å². The van der Waals surface area contributed by atoms with Gasteiger partial charge in [-0.15, -0.1) is 0 Å². The number of ether oxygens (including phenoxy) is 1. The molecule has 3 nitrogen and oxygen atoms in total. The molecule has 5 aromatic rings. The molecule has 0 radical (unpaired) electrons.